The van der Waals surface area contributed by atoms with E-state index in [4.69, 9.17) is 0 Å². The van der Waals surface area contributed by atoms with Crippen molar-refractivity contribution in [3.63, 3.8) is 0 Å². The average molecular weight is 295 g/mol. The lowest BCUT2D eigenvalue weighted by atomic mass is 9.91. The highest BCUT2D eigenvalue weighted by atomic mass is 16.1. The first kappa shape index (κ1) is 15.2. The summed E-state index contributed by atoms with van der Waals surface area (Å²) in [6.45, 7) is 9.52. The van der Waals surface area contributed by atoms with E-state index < -0.39 is 0 Å². The average Bonchev–Trinajstić information content (AvgIpc) is 3.12. The summed E-state index contributed by atoms with van der Waals surface area (Å²) in [5.41, 5.74) is 6.64. The highest BCUT2D eigenvalue weighted by Gasteiger charge is 2.27. The monoisotopic (exact) mass is 295 g/mol. The Kier molecular flexibility index (Phi) is 4.58. The van der Waals surface area contributed by atoms with Crippen LogP contribution in [0.15, 0.2) is 31.4 Å². The van der Waals surface area contributed by atoms with Gasteiger partial charge in [0.1, 0.15) is 0 Å². The lowest BCUT2D eigenvalue weighted by Crippen LogP contribution is -2.31. The Bertz CT molecular complexity index is 572. The van der Waals surface area contributed by atoms with Crippen molar-refractivity contribution in [1.82, 2.24) is 4.90 Å². The van der Waals surface area contributed by atoms with E-state index in [2.05, 4.69) is 24.1 Å². The lowest BCUT2D eigenvalue weighted by molar-refractivity contribution is 0.0943. The largest absolute Gasteiger partial charge is 0.293 e. The van der Waals surface area contributed by atoms with Gasteiger partial charge >= 0.3 is 0 Å². The molecule has 0 aromatic heterocycles. The number of Topliss-reactive ketones (excluding diaryl/α,β-unsaturated/α-hetero) is 1. The van der Waals surface area contributed by atoms with Crippen LogP contribution in [-0.2, 0) is 25.7 Å². The van der Waals surface area contributed by atoms with Gasteiger partial charge in [0.05, 0.1) is 6.54 Å². The Balaban J connectivity index is 1.92. The van der Waals surface area contributed by atoms with Gasteiger partial charge in [-0.15, -0.1) is 13.2 Å². The normalized spacial score (nSPS) is 15.7. The molecule has 0 aliphatic heterocycles. The number of ketones is 1. The maximum atomic E-state index is 13.0. The Morgan fingerprint density at radius 1 is 1.00 bits per heavy atom. The fraction of sp³-hybridized carbons (Fsp3) is 0.450. The van der Waals surface area contributed by atoms with Crippen molar-refractivity contribution in [2.45, 2.75) is 38.5 Å². The molecule has 1 aromatic carbocycles. The molecule has 0 saturated carbocycles. The minimum absolute atomic E-state index is 0.292. The summed E-state index contributed by atoms with van der Waals surface area (Å²) in [6, 6.07) is 2.38. The van der Waals surface area contributed by atoms with Crippen LogP contribution in [0.5, 0.6) is 0 Å². The number of hydrogen-bond acceptors (Lipinski definition) is 2. The van der Waals surface area contributed by atoms with Gasteiger partial charge in [0, 0.05) is 18.7 Å². The molecule has 116 valence electrons. The zero-order valence-corrected chi connectivity index (χ0v) is 13.4. The van der Waals surface area contributed by atoms with Crippen molar-refractivity contribution in [3.8, 4) is 0 Å². The van der Waals surface area contributed by atoms with Crippen LogP contribution in [0.4, 0.5) is 0 Å². The molecular formula is C20H25NO. The summed E-state index contributed by atoms with van der Waals surface area (Å²) < 4.78 is 0. The second-order valence-corrected chi connectivity index (χ2v) is 6.43. The van der Waals surface area contributed by atoms with Crippen LogP contribution >= 0.6 is 0 Å². The molecule has 0 heterocycles. The third kappa shape index (κ3) is 2.80. The molecule has 0 atom stereocenters. The smallest absolute Gasteiger partial charge is 0.177 e. The Labute approximate surface area is 133 Å². The zero-order valence-electron chi connectivity index (χ0n) is 13.4. The third-order valence-electron chi connectivity index (χ3n) is 4.89. The van der Waals surface area contributed by atoms with Crippen LogP contribution in [-0.4, -0.2) is 30.3 Å². The number of nitrogens with zero attached hydrogens (tertiary/aromatic N) is 1. The van der Waals surface area contributed by atoms with Crippen LogP contribution < -0.4 is 0 Å². The van der Waals surface area contributed by atoms with Crippen LogP contribution in [0.3, 0.4) is 0 Å². The van der Waals surface area contributed by atoms with Gasteiger partial charge in [0.2, 0.25) is 0 Å². The van der Waals surface area contributed by atoms with E-state index in [0.717, 1.165) is 44.3 Å². The zero-order chi connectivity index (χ0) is 15.5. The van der Waals surface area contributed by atoms with Crippen LogP contribution in [0, 0.1) is 0 Å². The molecule has 0 spiro atoms. The molecule has 0 saturated heterocycles. The molecule has 0 N–H and O–H groups in total. The fourth-order valence-electron chi connectivity index (χ4n) is 4.00. The molecule has 0 unspecified atom stereocenters. The van der Waals surface area contributed by atoms with E-state index in [9.17, 15) is 4.79 Å². The van der Waals surface area contributed by atoms with Gasteiger partial charge in [-0.05, 0) is 60.8 Å². The minimum Gasteiger partial charge on any atom is -0.293 e. The standard InChI is InChI=1S/C20H25NO/c1-3-11-21(12-4-2)14-19(22)20-17-9-5-7-15(17)13-16-8-6-10-18(16)20/h3-4,13H,1-2,5-12,14H2. The number of benzene rings is 1. The van der Waals surface area contributed by atoms with Crippen LogP contribution in [0.25, 0.3) is 0 Å². The van der Waals surface area contributed by atoms with Crippen LogP contribution in [0.2, 0.25) is 0 Å². The Hall–Kier alpha value is -1.67. The van der Waals surface area contributed by atoms with Crippen molar-refractivity contribution in [3.05, 3.63) is 59.2 Å². The van der Waals surface area contributed by atoms with Gasteiger partial charge in [-0.1, -0.05) is 18.2 Å². The summed E-state index contributed by atoms with van der Waals surface area (Å²) >= 11 is 0. The van der Waals surface area contributed by atoms with Gasteiger partial charge < -0.3 is 0 Å². The van der Waals surface area contributed by atoms with Crippen LogP contribution in [0.1, 0.15) is 45.5 Å². The first-order valence-corrected chi connectivity index (χ1v) is 8.38. The molecule has 0 bridgehead atoms. The maximum Gasteiger partial charge on any atom is 0.177 e. The fourth-order valence-corrected chi connectivity index (χ4v) is 4.00. The van der Waals surface area contributed by atoms with E-state index in [0.29, 0.717) is 12.3 Å². The second kappa shape index (κ2) is 6.62. The molecule has 2 aliphatic rings. The predicted molar refractivity (Wildman–Crippen MR) is 91.7 cm³/mol. The van der Waals surface area contributed by atoms with E-state index >= 15 is 0 Å². The van der Waals surface area contributed by atoms with E-state index in [-0.39, 0.29) is 0 Å². The molecule has 3 rings (SSSR count). The minimum atomic E-state index is 0.292. The highest BCUT2D eigenvalue weighted by Crippen LogP contribution is 2.35. The molecule has 0 fully saturated rings. The van der Waals surface area contributed by atoms with Crippen molar-refractivity contribution >= 4 is 5.78 Å². The summed E-state index contributed by atoms with van der Waals surface area (Å²) in [4.78, 5) is 15.1. The first-order valence-electron chi connectivity index (χ1n) is 8.38. The highest BCUT2D eigenvalue weighted by molar-refractivity contribution is 6.01. The van der Waals surface area contributed by atoms with Gasteiger partial charge in [0.25, 0.3) is 0 Å². The summed E-state index contributed by atoms with van der Waals surface area (Å²) in [5, 5.41) is 0. The van der Waals surface area contributed by atoms with Crippen molar-refractivity contribution in [2.24, 2.45) is 0 Å². The third-order valence-corrected chi connectivity index (χ3v) is 4.89. The van der Waals surface area contributed by atoms with Gasteiger partial charge in [-0.3, -0.25) is 9.69 Å². The molecular weight excluding hydrogens is 270 g/mol. The van der Waals surface area contributed by atoms with Crippen molar-refractivity contribution < 1.29 is 4.79 Å². The molecule has 0 amide bonds. The number of hydrogen-bond donors (Lipinski definition) is 0. The topological polar surface area (TPSA) is 20.3 Å². The maximum absolute atomic E-state index is 13.0. The van der Waals surface area contributed by atoms with Gasteiger partial charge in [0.15, 0.2) is 5.78 Å². The van der Waals surface area contributed by atoms with Gasteiger partial charge in [-0.25, -0.2) is 0 Å². The number of carbonyl (C=O) groups is 1. The lowest BCUT2D eigenvalue weighted by Gasteiger charge is -2.20. The molecule has 2 heteroatoms. The summed E-state index contributed by atoms with van der Waals surface area (Å²) in [7, 11) is 0. The first-order chi connectivity index (χ1) is 10.7. The molecule has 1 aromatic rings. The molecule has 2 nitrogen and oxygen atoms in total. The molecule has 2 aliphatic carbocycles. The molecule has 0 radical (unpaired) electrons. The number of fused-ring (bicyclic) bond motifs is 2. The Morgan fingerprint density at radius 2 is 1.55 bits per heavy atom. The second-order valence-electron chi connectivity index (χ2n) is 6.43. The van der Waals surface area contributed by atoms with E-state index in [1.807, 2.05) is 12.2 Å². The van der Waals surface area contributed by atoms with Gasteiger partial charge in [-0.2, -0.15) is 0 Å². The number of aryl methyl sites for hydroxylation is 2. The number of rotatable bonds is 7. The Morgan fingerprint density at radius 3 is 2.05 bits per heavy atom. The summed E-state index contributed by atoms with van der Waals surface area (Å²) in [6.07, 6.45) is 10.5. The molecule has 22 heavy (non-hydrogen) atoms. The van der Waals surface area contributed by atoms with E-state index in [1.54, 1.807) is 0 Å². The van der Waals surface area contributed by atoms with E-state index in [1.165, 1.54) is 35.1 Å². The number of carbonyl (C=O) groups excluding carboxylic acids is 1. The van der Waals surface area contributed by atoms with Crippen molar-refractivity contribution in [1.29, 1.82) is 0 Å². The summed E-state index contributed by atoms with van der Waals surface area (Å²) in [5.74, 6) is 0.292. The van der Waals surface area contributed by atoms with Crippen molar-refractivity contribution in [2.75, 3.05) is 19.6 Å². The SMILES string of the molecule is C=CCN(CC=C)CC(=O)c1c2c(cc3c1CCC3)CCC2. The predicted octanol–water partition coefficient (Wildman–Crippen LogP) is 3.52. The quantitative estimate of drug-likeness (QED) is 0.566.